The number of aromatic nitrogens is 1. The monoisotopic (exact) mass is 473 g/mol. The van der Waals surface area contributed by atoms with Gasteiger partial charge < -0.3 is 14.0 Å². The zero-order valence-corrected chi connectivity index (χ0v) is 20.0. The number of benzene rings is 1. The standard InChI is InChI=1S/C19H27N3O5S3/c1-26-15-11-14-17(12-16(15)27-2)29-19(21(14)9-10-28-3)20-18(23)13-7-5-6-8-22(13)30(4,24)25/h11-13H,5-10H2,1-4H3. The lowest BCUT2D eigenvalue weighted by molar-refractivity contribution is -0.122. The second-order valence-electron chi connectivity index (χ2n) is 7.04. The topological polar surface area (TPSA) is 90.2 Å². The second-order valence-corrected chi connectivity index (χ2v) is 11.0. The van der Waals surface area contributed by atoms with Crippen molar-refractivity contribution in [3.05, 3.63) is 16.9 Å². The fourth-order valence-corrected chi connectivity index (χ4v) is 6.15. The van der Waals surface area contributed by atoms with Gasteiger partial charge >= 0.3 is 0 Å². The number of nitrogens with zero attached hydrogens (tertiary/aromatic N) is 3. The summed E-state index contributed by atoms with van der Waals surface area (Å²) < 4.78 is 39.3. The summed E-state index contributed by atoms with van der Waals surface area (Å²) in [6.45, 7) is 1.03. The number of amides is 1. The van der Waals surface area contributed by atoms with E-state index in [1.807, 2.05) is 23.0 Å². The van der Waals surface area contributed by atoms with E-state index in [0.29, 0.717) is 35.8 Å². The third-order valence-electron chi connectivity index (χ3n) is 5.08. The molecule has 1 unspecified atom stereocenters. The Morgan fingerprint density at radius 2 is 1.97 bits per heavy atom. The fraction of sp³-hybridized carbons (Fsp3) is 0.579. The highest BCUT2D eigenvalue weighted by Crippen LogP contribution is 2.33. The van der Waals surface area contributed by atoms with Crippen LogP contribution in [0.25, 0.3) is 10.2 Å². The summed E-state index contributed by atoms with van der Waals surface area (Å²) in [6.07, 6.45) is 5.23. The van der Waals surface area contributed by atoms with Gasteiger partial charge in [-0.2, -0.15) is 21.1 Å². The van der Waals surface area contributed by atoms with E-state index in [4.69, 9.17) is 9.47 Å². The maximum absolute atomic E-state index is 13.0. The van der Waals surface area contributed by atoms with Crippen LogP contribution >= 0.6 is 23.1 Å². The number of carbonyl (C=O) groups excluding carboxylic acids is 1. The number of sulfonamides is 1. The maximum Gasteiger partial charge on any atom is 0.266 e. The van der Waals surface area contributed by atoms with Crippen LogP contribution in [0.5, 0.6) is 11.5 Å². The molecular formula is C19H27N3O5S3. The number of ether oxygens (including phenoxy) is 2. The lowest BCUT2D eigenvalue weighted by atomic mass is 10.0. The van der Waals surface area contributed by atoms with Crippen molar-refractivity contribution in [1.29, 1.82) is 0 Å². The SMILES string of the molecule is COc1cc2sc(=NC(=O)C3CCCCN3S(C)(=O)=O)n(CCSC)c2cc1OC. The Morgan fingerprint density at radius 1 is 1.27 bits per heavy atom. The molecule has 0 N–H and O–H groups in total. The molecule has 3 rings (SSSR count). The molecule has 2 heterocycles. The van der Waals surface area contributed by atoms with Crippen molar-refractivity contribution in [3.8, 4) is 11.5 Å². The number of rotatable bonds is 7. The van der Waals surface area contributed by atoms with Crippen LogP contribution in [0.2, 0.25) is 0 Å². The van der Waals surface area contributed by atoms with Crippen molar-refractivity contribution in [2.75, 3.05) is 39.0 Å². The number of hydrogen-bond acceptors (Lipinski definition) is 7. The Kier molecular flexibility index (Phi) is 7.48. The van der Waals surface area contributed by atoms with Crippen LogP contribution in [-0.4, -0.2) is 68.3 Å². The third-order valence-corrected chi connectivity index (χ3v) is 8.00. The minimum Gasteiger partial charge on any atom is -0.493 e. The first-order chi connectivity index (χ1) is 14.3. The van der Waals surface area contributed by atoms with Crippen LogP contribution in [-0.2, 0) is 21.4 Å². The lowest BCUT2D eigenvalue weighted by Crippen LogP contribution is -2.47. The number of thioether (sulfide) groups is 1. The molecule has 8 nitrogen and oxygen atoms in total. The zero-order chi connectivity index (χ0) is 21.9. The normalized spacial score (nSPS) is 18.7. The first kappa shape index (κ1) is 23.1. The Balaban J connectivity index is 2.10. The van der Waals surface area contributed by atoms with E-state index in [1.54, 1.807) is 26.0 Å². The van der Waals surface area contributed by atoms with E-state index in [9.17, 15) is 13.2 Å². The van der Waals surface area contributed by atoms with Crippen LogP contribution in [0.3, 0.4) is 0 Å². The molecule has 1 amide bonds. The predicted molar refractivity (Wildman–Crippen MR) is 121 cm³/mol. The number of hydrogen-bond donors (Lipinski definition) is 0. The summed E-state index contributed by atoms with van der Waals surface area (Å²) in [5.74, 6) is 1.65. The first-order valence-corrected chi connectivity index (χ1v) is 13.7. The molecule has 11 heteroatoms. The van der Waals surface area contributed by atoms with E-state index in [2.05, 4.69) is 4.99 Å². The molecule has 30 heavy (non-hydrogen) atoms. The molecule has 1 aliphatic rings. The smallest absolute Gasteiger partial charge is 0.266 e. The Labute approximate surface area is 184 Å². The average molecular weight is 474 g/mol. The number of methoxy groups -OCH3 is 2. The van der Waals surface area contributed by atoms with Crippen LogP contribution in [0, 0.1) is 0 Å². The number of aryl methyl sites for hydroxylation is 1. The minimum atomic E-state index is -3.47. The van der Waals surface area contributed by atoms with Crippen molar-refractivity contribution in [3.63, 3.8) is 0 Å². The van der Waals surface area contributed by atoms with Crippen LogP contribution < -0.4 is 14.3 Å². The molecule has 0 saturated carbocycles. The Hall–Kier alpha value is -1.56. The van der Waals surface area contributed by atoms with Gasteiger partial charge in [-0.25, -0.2) is 8.42 Å². The molecule has 0 aliphatic carbocycles. The molecule has 0 bridgehead atoms. The molecule has 1 aromatic heterocycles. The highest BCUT2D eigenvalue weighted by atomic mass is 32.2. The van der Waals surface area contributed by atoms with E-state index in [-0.39, 0.29) is 0 Å². The minimum absolute atomic E-state index is 0.359. The summed E-state index contributed by atoms with van der Waals surface area (Å²) in [5, 5.41) is 0. The van der Waals surface area contributed by atoms with Crippen molar-refractivity contribution < 1.29 is 22.7 Å². The highest BCUT2D eigenvalue weighted by molar-refractivity contribution is 7.98. The summed E-state index contributed by atoms with van der Waals surface area (Å²) >= 11 is 3.09. The van der Waals surface area contributed by atoms with Crippen molar-refractivity contribution in [2.24, 2.45) is 4.99 Å². The van der Waals surface area contributed by atoms with Gasteiger partial charge in [0, 0.05) is 31.0 Å². The van der Waals surface area contributed by atoms with Crippen molar-refractivity contribution >= 4 is 49.2 Å². The van der Waals surface area contributed by atoms with Gasteiger partial charge in [0.25, 0.3) is 5.91 Å². The number of thiazole rings is 1. The number of piperidine rings is 1. The van der Waals surface area contributed by atoms with Gasteiger partial charge in [-0.3, -0.25) is 4.79 Å². The molecular weight excluding hydrogens is 446 g/mol. The summed E-state index contributed by atoms with van der Waals surface area (Å²) in [5.41, 5.74) is 0.905. The zero-order valence-electron chi connectivity index (χ0n) is 17.6. The van der Waals surface area contributed by atoms with Gasteiger partial charge in [0.05, 0.1) is 30.7 Å². The molecule has 1 fully saturated rings. The van der Waals surface area contributed by atoms with Gasteiger partial charge in [-0.15, -0.1) is 0 Å². The van der Waals surface area contributed by atoms with Crippen molar-refractivity contribution in [2.45, 2.75) is 31.8 Å². The quantitative estimate of drug-likeness (QED) is 0.613. The second kappa shape index (κ2) is 9.71. The van der Waals surface area contributed by atoms with Gasteiger partial charge in [-0.05, 0) is 19.1 Å². The summed E-state index contributed by atoms with van der Waals surface area (Å²) in [6, 6.07) is 3.02. The molecule has 166 valence electrons. The third kappa shape index (κ3) is 4.84. The van der Waals surface area contributed by atoms with Crippen LogP contribution in [0.1, 0.15) is 19.3 Å². The number of carbonyl (C=O) groups is 1. The highest BCUT2D eigenvalue weighted by Gasteiger charge is 2.34. The van der Waals surface area contributed by atoms with Crippen LogP contribution in [0.15, 0.2) is 17.1 Å². The van der Waals surface area contributed by atoms with E-state index >= 15 is 0 Å². The molecule has 0 radical (unpaired) electrons. The molecule has 1 saturated heterocycles. The van der Waals surface area contributed by atoms with Gasteiger partial charge in [0.1, 0.15) is 6.04 Å². The molecule has 1 aliphatic heterocycles. The van der Waals surface area contributed by atoms with E-state index in [0.717, 1.165) is 35.1 Å². The molecule has 1 atom stereocenters. The lowest BCUT2D eigenvalue weighted by Gasteiger charge is -2.31. The summed E-state index contributed by atoms with van der Waals surface area (Å²) in [4.78, 5) is 18.0. The first-order valence-electron chi connectivity index (χ1n) is 9.59. The molecule has 1 aromatic carbocycles. The Bertz CT molecular complexity index is 1090. The largest absolute Gasteiger partial charge is 0.493 e. The average Bonchev–Trinajstić information content (AvgIpc) is 3.06. The van der Waals surface area contributed by atoms with Gasteiger partial charge in [0.2, 0.25) is 10.0 Å². The van der Waals surface area contributed by atoms with E-state index < -0.39 is 22.0 Å². The molecule has 2 aromatic rings. The van der Waals surface area contributed by atoms with Gasteiger partial charge in [0.15, 0.2) is 16.3 Å². The maximum atomic E-state index is 13.0. The summed E-state index contributed by atoms with van der Waals surface area (Å²) in [7, 11) is -0.303. The van der Waals surface area contributed by atoms with E-state index in [1.165, 1.54) is 15.6 Å². The number of fused-ring (bicyclic) bond motifs is 1. The Morgan fingerprint density at radius 3 is 2.60 bits per heavy atom. The fourth-order valence-electron chi connectivity index (χ4n) is 3.60. The van der Waals surface area contributed by atoms with Crippen LogP contribution in [0.4, 0.5) is 0 Å². The van der Waals surface area contributed by atoms with Gasteiger partial charge in [-0.1, -0.05) is 17.8 Å². The van der Waals surface area contributed by atoms with Crippen molar-refractivity contribution in [1.82, 2.24) is 8.87 Å². The molecule has 0 spiro atoms. The predicted octanol–water partition coefficient (Wildman–Crippen LogP) is 2.32.